The maximum Gasteiger partial charge on any atom is 0.327 e. The highest BCUT2D eigenvalue weighted by atomic mass is 16.5. The van der Waals surface area contributed by atoms with Crippen molar-refractivity contribution in [3.05, 3.63) is 34.6 Å². The molecule has 1 aliphatic carbocycles. The number of amides is 2. The Kier molecular flexibility index (Phi) is 4.43. The van der Waals surface area contributed by atoms with E-state index in [1.165, 1.54) is 0 Å². The van der Waals surface area contributed by atoms with Crippen LogP contribution in [-0.2, 0) is 25.9 Å². The van der Waals surface area contributed by atoms with Crippen LogP contribution in [-0.4, -0.2) is 44.2 Å². The SMILES string of the molecule is O=C(CN1C(=O)[C@H]2CCCC[C@H]2C1=O)OCn1nnc2ccccc2c1=O. The number of carbonyl (C=O) groups excluding carboxylic acids is 3. The Morgan fingerprint density at radius 1 is 1.07 bits per heavy atom. The van der Waals surface area contributed by atoms with E-state index < -0.39 is 24.8 Å². The zero-order valence-electron chi connectivity index (χ0n) is 14.5. The van der Waals surface area contributed by atoms with E-state index >= 15 is 0 Å². The molecule has 0 spiro atoms. The second-order valence-corrected chi connectivity index (χ2v) is 6.82. The quantitative estimate of drug-likeness (QED) is 0.568. The van der Waals surface area contributed by atoms with Crippen LogP contribution in [0.1, 0.15) is 25.7 Å². The summed E-state index contributed by atoms with van der Waals surface area (Å²) in [5.74, 6) is -1.99. The van der Waals surface area contributed by atoms with Crippen molar-refractivity contribution in [1.82, 2.24) is 19.9 Å². The van der Waals surface area contributed by atoms with Crippen molar-refractivity contribution in [1.29, 1.82) is 0 Å². The molecule has 0 N–H and O–H groups in total. The van der Waals surface area contributed by atoms with E-state index in [0.29, 0.717) is 23.7 Å². The molecule has 1 saturated heterocycles. The van der Waals surface area contributed by atoms with E-state index in [1.807, 2.05) is 0 Å². The van der Waals surface area contributed by atoms with E-state index in [1.54, 1.807) is 24.3 Å². The van der Waals surface area contributed by atoms with Crippen molar-refractivity contribution >= 4 is 28.7 Å². The average molecular weight is 370 g/mol. The average Bonchev–Trinajstić information content (AvgIpc) is 2.93. The summed E-state index contributed by atoms with van der Waals surface area (Å²) in [6, 6.07) is 6.70. The number of imide groups is 1. The third-order valence-electron chi connectivity index (χ3n) is 5.20. The van der Waals surface area contributed by atoms with Crippen LogP contribution in [0.5, 0.6) is 0 Å². The molecule has 2 heterocycles. The van der Waals surface area contributed by atoms with E-state index in [9.17, 15) is 19.2 Å². The van der Waals surface area contributed by atoms with Gasteiger partial charge < -0.3 is 4.74 Å². The van der Waals surface area contributed by atoms with Gasteiger partial charge in [0.05, 0.1) is 17.2 Å². The molecular formula is C18H18N4O5. The summed E-state index contributed by atoms with van der Waals surface area (Å²) >= 11 is 0. The van der Waals surface area contributed by atoms with Gasteiger partial charge >= 0.3 is 5.97 Å². The number of hydrogen-bond donors (Lipinski definition) is 0. The fourth-order valence-electron chi connectivity index (χ4n) is 3.80. The van der Waals surface area contributed by atoms with Gasteiger partial charge in [-0.05, 0) is 25.0 Å². The summed E-state index contributed by atoms with van der Waals surface area (Å²) in [5, 5.41) is 7.99. The second kappa shape index (κ2) is 6.90. The molecule has 2 aliphatic rings. The van der Waals surface area contributed by atoms with Crippen LogP contribution in [0.15, 0.2) is 29.1 Å². The van der Waals surface area contributed by atoms with Crippen LogP contribution in [0.3, 0.4) is 0 Å². The normalized spacial score (nSPS) is 22.1. The first-order valence-corrected chi connectivity index (χ1v) is 8.89. The minimum Gasteiger partial charge on any atom is -0.441 e. The molecule has 1 aliphatic heterocycles. The van der Waals surface area contributed by atoms with Crippen LogP contribution in [0.4, 0.5) is 0 Å². The molecule has 2 atom stereocenters. The van der Waals surface area contributed by atoms with E-state index in [-0.39, 0.29) is 23.7 Å². The molecule has 9 heteroatoms. The monoisotopic (exact) mass is 370 g/mol. The third kappa shape index (κ3) is 3.09. The van der Waals surface area contributed by atoms with Gasteiger partial charge in [0.25, 0.3) is 5.56 Å². The van der Waals surface area contributed by atoms with Gasteiger partial charge in [-0.25, -0.2) is 0 Å². The minimum atomic E-state index is -0.766. The molecule has 0 unspecified atom stereocenters. The Hall–Kier alpha value is -3.10. The molecule has 0 radical (unpaired) electrons. The molecule has 0 bridgehead atoms. The summed E-state index contributed by atoms with van der Waals surface area (Å²) in [5.41, 5.74) is 0.00804. The molecule has 1 aromatic carbocycles. The molecule has 1 saturated carbocycles. The van der Waals surface area contributed by atoms with Crippen molar-refractivity contribution in [2.24, 2.45) is 11.8 Å². The summed E-state index contributed by atoms with van der Waals surface area (Å²) in [4.78, 5) is 50.2. The number of nitrogens with zero attached hydrogens (tertiary/aromatic N) is 4. The number of aromatic nitrogens is 3. The lowest BCUT2D eigenvalue weighted by Crippen LogP contribution is -2.37. The van der Waals surface area contributed by atoms with Crippen molar-refractivity contribution in [3.63, 3.8) is 0 Å². The van der Waals surface area contributed by atoms with E-state index in [2.05, 4.69) is 10.3 Å². The van der Waals surface area contributed by atoms with Gasteiger partial charge in [-0.2, -0.15) is 4.68 Å². The zero-order chi connectivity index (χ0) is 19.0. The van der Waals surface area contributed by atoms with Gasteiger partial charge in [0.2, 0.25) is 11.8 Å². The standard InChI is InChI=1S/C18H18N4O5/c23-15(9-21-16(24)11-5-1-2-6-12(11)17(21)25)27-10-22-18(26)13-7-3-4-8-14(13)19-20-22/h3-4,7-8,11-12H,1-2,5-6,9-10H2/t11-,12+. The van der Waals surface area contributed by atoms with Crippen molar-refractivity contribution < 1.29 is 19.1 Å². The van der Waals surface area contributed by atoms with Crippen LogP contribution in [0.25, 0.3) is 10.9 Å². The molecule has 9 nitrogen and oxygen atoms in total. The lowest BCUT2D eigenvalue weighted by Gasteiger charge is -2.19. The zero-order valence-corrected chi connectivity index (χ0v) is 14.5. The molecule has 2 amide bonds. The maximum atomic E-state index is 12.4. The first-order chi connectivity index (χ1) is 13.1. The van der Waals surface area contributed by atoms with Crippen LogP contribution < -0.4 is 5.56 Å². The number of hydrogen-bond acceptors (Lipinski definition) is 7. The number of ether oxygens (including phenoxy) is 1. The van der Waals surface area contributed by atoms with Crippen molar-refractivity contribution in [3.8, 4) is 0 Å². The fourth-order valence-corrected chi connectivity index (χ4v) is 3.80. The number of fused-ring (bicyclic) bond motifs is 2. The molecule has 27 heavy (non-hydrogen) atoms. The third-order valence-corrected chi connectivity index (χ3v) is 5.20. The van der Waals surface area contributed by atoms with Crippen LogP contribution >= 0.6 is 0 Å². The maximum absolute atomic E-state index is 12.4. The van der Waals surface area contributed by atoms with Gasteiger partial charge in [-0.3, -0.25) is 24.1 Å². The van der Waals surface area contributed by atoms with E-state index in [0.717, 1.165) is 22.4 Å². The molecule has 140 valence electrons. The summed E-state index contributed by atoms with van der Waals surface area (Å²) in [6.45, 7) is -0.876. The molecule has 4 rings (SSSR count). The predicted octanol–water partition coefficient (Wildman–Crippen LogP) is 0.467. The summed E-state index contributed by atoms with van der Waals surface area (Å²) in [7, 11) is 0. The Morgan fingerprint density at radius 2 is 1.74 bits per heavy atom. The Balaban J connectivity index is 1.42. The fraction of sp³-hybridized carbons (Fsp3) is 0.444. The predicted molar refractivity (Wildman–Crippen MR) is 92.1 cm³/mol. The highest BCUT2D eigenvalue weighted by molar-refractivity contribution is 6.07. The summed E-state index contributed by atoms with van der Waals surface area (Å²) in [6.07, 6.45) is 3.20. The number of carbonyl (C=O) groups is 3. The lowest BCUT2D eigenvalue weighted by atomic mass is 9.81. The number of benzene rings is 1. The summed E-state index contributed by atoms with van der Waals surface area (Å²) < 4.78 is 5.97. The van der Waals surface area contributed by atoms with Gasteiger partial charge in [-0.15, -0.1) is 5.10 Å². The van der Waals surface area contributed by atoms with Gasteiger partial charge in [-0.1, -0.05) is 30.2 Å². The van der Waals surface area contributed by atoms with Gasteiger partial charge in [0.1, 0.15) is 12.1 Å². The van der Waals surface area contributed by atoms with Gasteiger partial charge in [0.15, 0.2) is 6.73 Å². The lowest BCUT2D eigenvalue weighted by molar-refractivity contribution is -0.156. The molecule has 2 aromatic rings. The second-order valence-electron chi connectivity index (χ2n) is 6.82. The first-order valence-electron chi connectivity index (χ1n) is 8.89. The molecule has 1 aromatic heterocycles. The van der Waals surface area contributed by atoms with Crippen LogP contribution in [0, 0.1) is 11.8 Å². The number of likely N-dealkylation sites (tertiary alicyclic amines) is 1. The highest BCUT2D eigenvalue weighted by Crippen LogP contribution is 2.37. The highest BCUT2D eigenvalue weighted by Gasteiger charge is 2.48. The van der Waals surface area contributed by atoms with Crippen molar-refractivity contribution in [2.45, 2.75) is 32.4 Å². The topological polar surface area (TPSA) is 111 Å². The smallest absolute Gasteiger partial charge is 0.327 e. The Morgan fingerprint density at radius 3 is 2.44 bits per heavy atom. The Bertz CT molecular complexity index is 961. The van der Waals surface area contributed by atoms with Gasteiger partial charge in [0, 0.05) is 0 Å². The van der Waals surface area contributed by atoms with E-state index in [4.69, 9.17) is 4.74 Å². The Labute approximate surface area is 153 Å². The molecular weight excluding hydrogens is 352 g/mol. The first kappa shape index (κ1) is 17.3. The number of rotatable bonds is 4. The minimum absolute atomic E-state index is 0.302. The largest absolute Gasteiger partial charge is 0.441 e. The van der Waals surface area contributed by atoms with Crippen molar-refractivity contribution in [2.75, 3.05) is 6.54 Å². The number of esters is 1. The van der Waals surface area contributed by atoms with Crippen LogP contribution in [0.2, 0.25) is 0 Å². The molecule has 2 fully saturated rings.